The molecule has 0 aromatic carbocycles. The van der Waals surface area contributed by atoms with E-state index < -0.39 is 0 Å². The van der Waals surface area contributed by atoms with E-state index in [0.717, 1.165) is 35.5 Å². The fourth-order valence-corrected chi connectivity index (χ4v) is 3.41. The molecular weight excluding hydrogens is 302 g/mol. The Hall–Kier alpha value is -1.73. The van der Waals surface area contributed by atoms with Gasteiger partial charge in [0.25, 0.3) is 0 Å². The van der Waals surface area contributed by atoms with E-state index in [4.69, 9.17) is 0 Å². The number of aryl methyl sites for hydroxylation is 1. The van der Waals surface area contributed by atoms with Gasteiger partial charge in [-0.05, 0) is 19.4 Å². The number of thiophene rings is 1. The van der Waals surface area contributed by atoms with Crippen LogP contribution in [0, 0.1) is 6.92 Å². The van der Waals surface area contributed by atoms with Crippen LogP contribution in [0.3, 0.4) is 0 Å². The number of nitrogens with one attached hydrogen (secondary N) is 2. The van der Waals surface area contributed by atoms with Crippen molar-refractivity contribution in [2.75, 3.05) is 17.2 Å². The van der Waals surface area contributed by atoms with Gasteiger partial charge in [0.05, 0.1) is 17.4 Å². The summed E-state index contributed by atoms with van der Waals surface area (Å²) in [5.74, 6) is 1.58. The van der Waals surface area contributed by atoms with E-state index in [1.165, 1.54) is 9.75 Å². The van der Waals surface area contributed by atoms with Gasteiger partial charge in [-0.15, -0.1) is 22.7 Å². The van der Waals surface area contributed by atoms with E-state index in [1.807, 2.05) is 11.7 Å². The maximum absolute atomic E-state index is 4.61. The van der Waals surface area contributed by atoms with Gasteiger partial charge in [0.1, 0.15) is 10.6 Å². The first-order valence-electron chi connectivity index (χ1n) is 6.89. The zero-order chi connectivity index (χ0) is 14.7. The van der Waals surface area contributed by atoms with Gasteiger partial charge in [-0.3, -0.25) is 4.98 Å². The van der Waals surface area contributed by atoms with Gasteiger partial charge in [0.2, 0.25) is 5.95 Å². The zero-order valence-corrected chi connectivity index (χ0v) is 13.6. The van der Waals surface area contributed by atoms with Gasteiger partial charge >= 0.3 is 0 Å². The highest BCUT2D eigenvalue weighted by atomic mass is 32.1. The van der Waals surface area contributed by atoms with Crippen LogP contribution in [-0.2, 0) is 6.54 Å². The average molecular weight is 319 g/mol. The second kappa shape index (κ2) is 6.36. The minimum atomic E-state index is 0.693. The van der Waals surface area contributed by atoms with E-state index in [-0.39, 0.29) is 0 Å². The Morgan fingerprint density at radius 2 is 2.14 bits per heavy atom. The molecule has 0 spiro atoms. The molecule has 0 saturated heterocycles. The molecule has 0 radical (unpaired) electrons. The third kappa shape index (κ3) is 3.30. The molecule has 0 fully saturated rings. The van der Waals surface area contributed by atoms with Crippen molar-refractivity contribution in [1.82, 2.24) is 15.0 Å². The predicted octanol–water partition coefficient (Wildman–Crippen LogP) is 3.89. The molecule has 5 nitrogen and oxygen atoms in total. The van der Waals surface area contributed by atoms with Crippen molar-refractivity contribution in [2.24, 2.45) is 0 Å². The monoisotopic (exact) mass is 319 g/mol. The Labute approximate surface area is 131 Å². The molecule has 3 heterocycles. The first-order chi connectivity index (χ1) is 10.3. The maximum atomic E-state index is 4.61. The van der Waals surface area contributed by atoms with Crippen molar-refractivity contribution in [2.45, 2.75) is 26.8 Å². The van der Waals surface area contributed by atoms with Crippen LogP contribution in [0.1, 0.15) is 23.1 Å². The lowest BCUT2D eigenvalue weighted by Crippen LogP contribution is -2.07. The molecule has 2 N–H and O–H groups in total. The van der Waals surface area contributed by atoms with Crippen LogP contribution in [0.2, 0.25) is 0 Å². The van der Waals surface area contributed by atoms with Crippen molar-refractivity contribution in [3.8, 4) is 0 Å². The quantitative estimate of drug-likeness (QED) is 0.721. The van der Waals surface area contributed by atoms with Crippen LogP contribution in [-0.4, -0.2) is 21.5 Å². The maximum Gasteiger partial charge on any atom is 0.226 e. The smallest absolute Gasteiger partial charge is 0.226 e. The third-order valence-corrected chi connectivity index (χ3v) is 4.69. The summed E-state index contributed by atoms with van der Waals surface area (Å²) in [5, 5.41) is 7.76. The van der Waals surface area contributed by atoms with Gasteiger partial charge in [-0.25, -0.2) is 4.98 Å². The number of hydrogen-bond acceptors (Lipinski definition) is 7. The summed E-state index contributed by atoms with van der Waals surface area (Å²) in [6.45, 7) is 5.84. The van der Waals surface area contributed by atoms with E-state index in [0.29, 0.717) is 5.95 Å². The third-order valence-electron chi connectivity index (χ3n) is 2.96. The molecule has 3 aromatic rings. The number of anilines is 2. The Balaban J connectivity index is 1.89. The summed E-state index contributed by atoms with van der Waals surface area (Å²) < 4.78 is 0. The van der Waals surface area contributed by atoms with Crippen LogP contribution in [0.4, 0.5) is 11.8 Å². The number of aromatic nitrogens is 3. The summed E-state index contributed by atoms with van der Waals surface area (Å²) in [4.78, 5) is 16.7. The number of rotatable bonds is 6. The molecular formula is C14H17N5S2. The van der Waals surface area contributed by atoms with Crippen LogP contribution in [0.15, 0.2) is 17.8 Å². The minimum absolute atomic E-state index is 0.693. The highest BCUT2D eigenvalue weighted by molar-refractivity contribution is 7.18. The van der Waals surface area contributed by atoms with Crippen LogP contribution >= 0.6 is 22.7 Å². The lowest BCUT2D eigenvalue weighted by Gasteiger charge is -2.08. The SMILES string of the molecule is CCCNc1nc(NCc2cncs2)c2cc(C)sc2n1. The van der Waals surface area contributed by atoms with Crippen molar-refractivity contribution in [1.29, 1.82) is 0 Å². The fraction of sp³-hybridized carbons (Fsp3) is 0.357. The zero-order valence-electron chi connectivity index (χ0n) is 12.0. The summed E-state index contributed by atoms with van der Waals surface area (Å²) in [7, 11) is 0. The van der Waals surface area contributed by atoms with Crippen LogP contribution < -0.4 is 10.6 Å². The molecule has 21 heavy (non-hydrogen) atoms. The second-order valence-electron chi connectivity index (χ2n) is 4.72. The van der Waals surface area contributed by atoms with Crippen molar-refractivity contribution in [3.63, 3.8) is 0 Å². The number of fused-ring (bicyclic) bond motifs is 1. The molecule has 0 aliphatic heterocycles. The topological polar surface area (TPSA) is 62.7 Å². The Morgan fingerprint density at radius 1 is 1.24 bits per heavy atom. The summed E-state index contributed by atoms with van der Waals surface area (Å²) in [6, 6.07) is 2.14. The molecule has 0 bridgehead atoms. The molecule has 7 heteroatoms. The molecule has 0 amide bonds. The molecule has 0 aliphatic rings. The first-order valence-corrected chi connectivity index (χ1v) is 8.59. The highest BCUT2D eigenvalue weighted by Gasteiger charge is 2.10. The summed E-state index contributed by atoms with van der Waals surface area (Å²) in [6.07, 6.45) is 2.93. The molecule has 0 aliphatic carbocycles. The summed E-state index contributed by atoms with van der Waals surface area (Å²) >= 11 is 3.34. The van der Waals surface area contributed by atoms with Gasteiger partial charge in [-0.2, -0.15) is 4.98 Å². The fourth-order valence-electron chi connectivity index (χ4n) is 1.99. The van der Waals surface area contributed by atoms with Crippen molar-refractivity contribution >= 4 is 44.7 Å². The molecule has 110 valence electrons. The van der Waals surface area contributed by atoms with Gasteiger partial charge in [0.15, 0.2) is 0 Å². The second-order valence-corrected chi connectivity index (χ2v) is 6.93. The van der Waals surface area contributed by atoms with Crippen LogP contribution in [0.25, 0.3) is 10.2 Å². The number of nitrogens with zero attached hydrogens (tertiary/aromatic N) is 3. The minimum Gasteiger partial charge on any atom is -0.364 e. The normalized spacial score (nSPS) is 11.0. The predicted molar refractivity (Wildman–Crippen MR) is 90.4 cm³/mol. The Kier molecular flexibility index (Phi) is 4.31. The molecule has 0 unspecified atom stereocenters. The van der Waals surface area contributed by atoms with E-state index >= 15 is 0 Å². The molecule has 3 rings (SSSR count). The molecule has 0 atom stereocenters. The largest absolute Gasteiger partial charge is 0.364 e. The van der Waals surface area contributed by atoms with Gasteiger partial charge in [0, 0.05) is 22.5 Å². The van der Waals surface area contributed by atoms with E-state index in [1.54, 1.807) is 22.7 Å². The van der Waals surface area contributed by atoms with Gasteiger partial charge < -0.3 is 10.6 Å². The lowest BCUT2D eigenvalue weighted by atomic mass is 10.3. The number of thiazole rings is 1. The van der Waals surface area contributed by atoms with Crippen LogP contribution in [0.5, 0.6) is 0 Å². The molecule has 0 saturated carbocycles. The summed E-state index contributed by atoms with van der Waals surface area (Å²) in [5.41, 5.74) is 1.84. The van der Waals surface area contributed by atoms with Gasteiger partial charge in [-0.1, -0.05) is 6.92 Å². The Bertz CT molecular complexity index is 720. The van der Waals surface area contributed by atoms with E-state index in [9.17, 15) is 0 Å². The average Bonchev–Trinajstić information content (AvgIpc) is 3.10. The number of hydrogen-bond donors (Lipinski definition) is 2. The van der Waals surface area contributed by atoms with Crippen molar-refractivity contribution in [3.05, 3.63) is 27.5 Å². The highest BCUT2D eigenvalue weighted by Crippen LogP contribution is 2.30. The standard InChI is InChI=1S/C14H17N5S2/c1-3-4-16-14-18-12(17-7-10-6-15-8-20-10)11-5-9(2)21-13(11)19-14/h5-6,8H,3-4,7H2,1-2H3,(H2,16,17,18,19). The molecule has 3 aromatic heterocycles. The first kappa shape index (κ1) is 14.2. The lowest BCUT2D eigenvalue weighted by molar-refractivity contribution is 0.956. The van der Waals surface area contributed by atoms with E-state index in [2.05, 4.69) is 45.5 Å². The van der Waals surface area contributed by atoms with Crippen molar-refractivity contribution < 1.29 is 0 Å². The Morgan fingerprint density at radius 3 is 2.90 bits per heavy atom.